The van der Waals surface area contributed by atoms with E-state index in [1.807, 2.05) is 6.07 Å². The Morgan fingerprint density at radius 3 is 3.05 bits per heavy atom. The molecule has 1 amide bonds. The van der Waals surface area contributed by atoms with E-state index in [2.05, 4.69) is 23.2 Å². The van der Waals surface area contributed by atoms with Crippen LogP contribution in [-0.2, 0) is 11.2 Å². The van der Waals surface area contributed by atoms with Crippen molar-refractivity contribution in [2.24, 2.45) is 5.92 Å². The molecule has 4 heteroatoms. The molecule has 0 radical (unpaired) electrons. The minimum absolute atomic E-state index is 0.0914. The zero-order valence-electron chi connectivity index (χ0n) is 12.1. The standard InChI is InChI=1S/C16H23N3O/c1-2-11-4-3-7-19(10-11)15-8-12-5-6-16(20)18-14(12)9-13(15)17/h8-9,11H,2-7,10,17H2,1H3,(H,18,20). The monoisotopic (exact) mass is 273 g/mol. The van der Waals surface area contributed by atoms with Gasteiger partial charge in [-0.05, 0) is 42.9 Å². The molecular weight excluding hydrogens is 250 g/mol. The van der Waals surface area contributed by atoms with E-state index in [4.69, 9.17) is 5.73 Å². The number of hydrogen-bond donors (Lipinski definition) is 2. The van der Waals surface area contributed by atoms with Gasteiger partial charge in [0.1, 0.15) is 0 Å². The molecule has 2 aliphatic rings. The smallest absolute Gasteiger partial charge is 0.224 e. The highest BCUT2D eigenvalue weighted by atomic mass is 16.1. The molecule has 1 aromatic rings. The molecule has 2 aliphatic heterocycles. The highest BCUT2D eigenvalue weighted by Crippen LogP contribution is 2.35. The van der Waals surface area contributed by atoms with E-state index >= 15 is 0 Å². The van der Waals surface area contributed by atoms with Gasteiger partial charge in [-0.3, -0.25) is 4.79 Å². The van der Waals surface area contributed by atoms with E-state index in [0.29, 0.717) is 6.42 Å². The number of nitrogens with one attached hydrogen (secondary N) is 1. The van der Waals surface area contributed by atoms with Gasteiger partial charge in [0.05, 0.1) is 11.4 Å². The second kappa shape index (κ2) is 5.35. The van der Waals surface area contributed by atoms with Gasteiger partial charge in [0, 0.05) is 25.2 Å². The molecule has 0 saturated carbocycles. The van der Waals surface area contributed by atoms with Crippen LogP contribution < -0.4 is 16.0 Å². The number of hydrogen-bond acceptors (Lipinski definition) is 3. The highest BCUT2D eigenvalue weighted by Gasteiger charge is 2.23. The van der Waals surface area contributed by atoms with E-state index in [1.54, 1.807) is 0 Å². The van der Waals surface area contributed by atoms with Crippen molar-refractivity contribution in [3.63, 3.8) is 0 Å². The third-order valence-electron chi connectivity index (χ3n) is 4.59. The molecule has 0 aromatic heterocycles. The lowest BCUT2D eigenvalue weighted by atomic mass is 9.94. The second-order valence-corrected chi connectivity index (χ2v) is 5.98. The molecular formula is C16H23N3O. The highest BCUT2D eigenvalue weighted by molar-refractivity contribution is 5.95. The molecule has 0 spiro atoms. The fraction of sp³-hybridized carbons (Fsp3) is 0.562. The van der Waals surface area contributed by atoms with Crippen molar-refractivity contribution in [1.82, 2.24) is 0 Å². The first kappa shape index (κ1) is 13.3. The van der Waals surface area contributed by atoms with Gasteiger partial charge in [-0.25, -0.2) is 0 Å². The van der Waals surface area contributed by atoms with Gasteiger partial charge in [-0.15, -0.1) is 0 Å². The first-order valence-electron chi connectivity index (χ1n) is 7.64. The van der Waals surface area contributed by atoms with Crippen LogP contribution in [0.15, 0.2) is 12.1 Å². The largest absolute Gasteiger partial charge is 0.397 e. The summed E-state index contributed by atoms with van der Waals surface area (Å²) in [6.07, 6.45) is 5.20. The second-order valence-electron chi connectivity index (χ2n) is 5.98. The van der Waals surface area contributed by atoms with Gasteiger partial charge >= 0.3 is 0 Å². The van der Waals surface area contributed by atoms with Crippen molar-refractivity contribution in [1.29, 1.82) is 0 Å². The predicted octanol–water partition coefficient (Wildman–Crippen LogP) is 2.78. The Morgan fingerprint density at radius 2 is 2.25 bits per heavy atom. The molecule has 20 heavy (non-hydrogen) atoms. The number of benzene rings is 1. The first-order chi connectivity index (χ1) is 9.67. The molecule has 3 N–H and O–H groups in total. The Kier molecular flexibility index (Phi) is 3.55. The number of nitrogen functional groups attached to an aromatic ring is 1. The molecule has 0 bridgehead atoms. The van der Waals surface area contributed by atoms with Crippen LogP contribution in [0.25, 0.3) is 0 Å². The zero-order chi connectivity index (χ0) is 14.1. The van der Waals surface area contributed by atoms with Gasteiger partial charge in [-0.1, -0.05) is 13.3 Å². The number of carbonyl (C=O) groups excluding carboxylic acids is 1. The Bertz CT molecular complexity index is 527. The van der Waals surface area contributed by atoms with Crippen molar-refractivity contribution >= 4 is 23.0 Å². The number of anilines is 3. The van der Waals surface area contributed by atoms with Crippen LogP contribution in [0.5, 0.6) is 0 Å². The normalized spacial score (nSPS) is 22.4. The minimum Gasteiger partial charge on any atom is -0.397 e. The fourth-order valence-electron chi connectivity index (χ4n) is 3.32. The predicted molar refractivity (Wildman–Crippen MR) is 83.0 cm³/mol. The Morgan fingerprint density at radius 1 is 1.40 bits per heavy atom. The summed E-state index contributed by atoms with van der Waals surface area (Å²) >= 11 is 0. The Balaban J connectivity index is 1.88. The molecule has 1 fully saturated rings. The summed E-state index contributed by atoms with van der Waals surface area (Å²) in [7, 11) is 0. The lowest BCUT2D eigenvalue weighted by Gasteiger charge is -2.35. The van der Waals surface area contributed by atoms with Crippen molar-refractivity contribution in [3.8, 4) is 0 Å². The van der Waals surface area contributed by atoms with E-state index in [9.17, 15) is 4.79 Å². The number of amides is 1. The number of fused-ring (bicyclic) bond motifs is 1. The summed E-state index contributed by atoms with van der Waals surface area (Å²) in [6, 6.07) is 4.11. The zero-order valence-corrected chi connectivity index (χ0v) is 12.1. The van der Waals surface area contributed by atoms with Crippen molar-refractivity contribution in [3.05, 3.63) is 17.7 Å². The maximum atomic E-state index is 11.4. The van der Waals surface area contributed by atoms with Crippen molar-refractivity contribution in [2.75, 3.05) is 29.0 Å². The summed E-state index contributed by atoms with van der Waals surface area (Å²) in [4.78, 5) is 13.9. The average Bonchev–Trinajstić information content (AvgIpc) is 2.46. The van der Waals surface area contributed by atoms with Crippen LogP contribution in [-0.4, -0.2) is 19.0 Å². The topological polar surface area (TPSA) is 58.4 Å². The molecule has 108 valence electrons. The quantitative estimate of drug-likeness (QED) is 0.815. The van der Waals surface area contributed by atoms with Crippen LogP contribution in [0, 0.1) is 5.92 Å². The third kappa shape index (κ3) is 2.47. The molecule has 1 saturated heterocycles. The number of aryl methyl sites for hydroxylation is 1. The van der Waals surface area contributed by atoms with Gasteiger partial charge in [0.2, 0.25) is 5.91 Å². The number of rotatable bonds is 2. The van der Waals surface area contributed by atoms with Crippen LogP contribution in [0.3, 0.4) is 0 Å². The number of nitrogens with two attached hydrogens (primary N) is 1. The van der Waals surface area contributed by atoms with Crippen LogP contribution in [0.4, 0.5) is 17.1 Å². The van der Waals surface area contributed by atoms with E-state index in [1.165, 1.54) is 24.8 Å². The van der Waals surface area contributed by atoms with Crippen LogP contribution >= 0.6 is 0 Å². The molecule has 4 nitrogen and oxygen atoms in total. The van der Waals surface area contributed by atoms with E-state index in [0.717, 1.165) is 42.5 Å². The van der Waals surface area contributed by atoms with Crippen LogP contribution in [0.2, 0.25) is 0 Å². The Labute approximate surface area is 120 Å². The molecule has 1 aromatic carbocycles. The van der Waals surface area contributed by atoms with Gasteiger partial charge < -0.3 is 16.0 Å². The summed E-state index contributed by atoms with van der Waals surface area (Å²) in [6.45, 7) is 4.46. The SMILES string of the molecule is CCC1CCCN(c2cc3c(cc2N)NC(=O)CC3)C1. The molecule has 2 heterocycles. The summed E-state index contributed by atoms with van der Waals surface area (Å²) < 4.78 is 0. The molecule has 0 aliphatic carbocycles. The minimum atomic E-state index is 0.0914. The fourth-order valence-corrected chi connectivity index (χ4v) is 3.32. The number of carbonyl (C=O) groups is 1. The summed E-state index contributed by atoms with van der Waals surface area (Å²) in [5.74, 6) is 0.868. The van der Waals surface area contributed by atoms with Crippen LogP contribution in [0.1, 0.15) is 38.2 Å². The molecule has 1 unspecified atom stereocenters. The number of piperidine rings is 1. The summed E-state index contributed by atoms with van der Waals surface area (Å²) in [5, 5.41) is 2.91. The molecule has 3 rings (SSSR count). The van der Waals surface area contributed by atoms with E-state index < -0.39 is 0 Å². The maximum absolute atomic E-state index is 11.4. The van der Waals surface area contributed by atoms with Crippen molar-refractivity contribution in [2.45, 2.75) is 39.0 Å². The Hall–Kier alpha value is -1.71. The van der Waals surface area contributed by atoms with Gasteiger partial charge in [-0.2, -0.15) is 0 Å². The van der Waals surface area contributed by atoms with E-state index in [-0.39, 0.29) is 5.91 Å². The summed E-state index contributed by atoms with van der Waals surface area (Å²) in [5.41, 5.74) is 10.3. The lowest BCUT2D eigenvalue weighted by molar-refractivity contribution is -0.116. The third-order valence-corrected chi connectivity index (χ3v) is 4.59. The maximum Gasteiger partial charge on any atom is 0.224 e. The number of nitrogens with zero attached hydrogens (tertiary/aromatic N) is 1. The molecule has 1 atom stereocenters. The first-order valence-corrected chi connectivity index (χ1v) is 7.64. The van der Waals surface area contributed by atoms with Gasteiger partial charge in [0.25, 0.3) is 0 Å². The average molecular weight is 273 g/mol. The van der Waals surface area contributed by atoms with Crippen molar-refractivity contribution < 1.29 is 4.79 Å². The lowest BCUT2D eigenvalue weighted by Crippen LogP contribution is -2.35. The van der Waals surface area contributed by atoms with Gasteiger partial charge in [0.15, 0.2) is 0 Å².